The molecule has 3 rings (SSSR count). The second kappa shape index (κ2) is 8.49. The molecule has 0 unspecified atom stereocenters. The summed E-state index contributed by atoms with van der Waals surface area (Å²) >= 11 is 1.25. The molecule has 1 aliphatic heterocycles. The number of carbonyl (C=O) groups excluding carboxylic acids is 2. The average molecular weight is 388 g/mol. The van der Waals surface area contributed by atoms with Crippen molar-refractivity contribution in [2.45, 2.75) is 13.5 Å². The Labute approximate surface area is 163 Å². The van der Waals surface area contributed by atoms with Crippen LogP contribution in [-0.4, -0.2) is 67.0 Å². The summed E-state index contributed by atoms with van der Waals surface area (Å²) in [5.41, 5.74) is 2.32. The quantitative estimate of drug-likeness (QED) is 0.791. The highest BCUT2D eigenvalue weighted by atomic mass is 32.1. The van der Waals surface area contributed by atoms with Gasteiger partial charge in [-0.2, -0.15) is 0 Å². The number of aryl methyl sites for hydroxylation is 1. The van der Waals surface area contributed by atoms with Crippen molar-refractivity contribution in [3.05, 3.63) is 46.5 Å². The molecule has 2 heterocycles. The minimum absolute atomic E-state index is 0.0628. The third kappa shape index (κ3) is 4.64. The number of nitrogens with zero attached hydrogens (tertiary/aromatic N) is 4. The molecule has 1 N–H and O–H groups in total. The Morgan fingerprint density at radius 1 is 1.30 bits per heavy atom. The fraction of sp³-hybridized carbons (Fsp3) is 0.421. The first-order valence-electron chi connectivity index (χ1n) is 8.95. The van der Waals surface area contributed by atoms with Gasteiger partial charge < -0.3 is 15.1 Å². The Morgan fingerprint density at radius 2 is 2.07 bits per heavy atom. The van der Waals surface area contributed by atoms with Crippen LogP contribution in [0.2, 0.25) is 0 Å². The molecule has 2 aromatic rings. The number of rotatable bonds is 7. The Hall–Kier alpha value is -2.45. The third-order valence-corrected chi connectivity index (χ3v) is 5.53. The lowest BCUT2D eigenvalue weighted by atomic mass is 10.1. The zero-order valence-electron chi connectivity index (χ0n) is 15.9. The highest BCUT2D eigenvalue weighted by Crippen LogP contribution is 2.27. The minimum atomic E-state index is -0.149. The van der Waals surface area contributed by atoms with Gasteiger partial charge in [0.2, 0.25) is 0 Å². The molecular formula is C19H25N5O2S. The Morgan fingerprint density at radius 3 is 2.81 bits per heavy atom. The second-order valence-electron chi connectivity index (χ2n) is 6.85. The first kappa shape index (κ1) is 19.3. The number of hydrogen-bond donors (Lipinski definition) is 1. The zero-order chi connectivity index (χ0) is 19.4. The predicted octanol–water partition coefficient (Wildman–Crippen LogP) is 2.19. The van der Waals surface area contributed by atoms with Gasteiger partial charge in [-0.15, -0.1) is 0 Å². The maximum atomic E-state index is 12.8. The van der Waals surface area contributed by atoms with Crippen LogP contribution in [0.25, 0.3) is 0 Å². The fourth-order valence-corrected chi connectivity index (χ4v) is 3.73. The smallest absolute Gasteiger partial charge is 0.326 e. The van der Waals surface area contributed by atoms with Gasteiger partial charge in [0.15, 0.2) is 5.13 Å². The first-order chi connectivity index (χ1) is 13.0. The van der Waals surface area contributed by atoms with Gasteiger partial charge in [-0.3, -0.25) is 9.69 Å². The van der Waals surface area contributed by atoms with Crippen LogP contribution in [0, 0.1) is 6.92 Å². The molecule has 0 atom stereocenters. The van der Waals surface area contributed by atoms with Crippen molar-refractivity contribution < 1.29 is 9.59 Å². The second-order valence-corrected chi connectivity index (χ2v) is 7.86. The van der Waals surface area contributed by atoms with Crippen molar-refractivity contribution in [1.82, 2.24) is 20.1 Å². The number of anilines is 1. The maximum absolute atomic E-state index is 12.8. The molecule has 0 spiro atoms. The third-order valence-electron chi connectivity index (χ3n) is 4.51. The lowest BCUT2D eigenvalue weighted by Gasteiger charge is -2.18. The molecule has 8 heteroatoms. The fourth-order valence-electron chi connectivity index (χ4n) is 2.87. The van der Waals surface area contributed by atoms with Crippen LogP contribution in [-0.2, 0) is 6.54 Å². The molecule has 1 saturated heterocycles. The molecule has 0 aliphatic carbocycles. The van der Waals surface area contributed by atoms with E-state index < -0.39 is 0 Å². The minimum Gasteiger partial charge on any atom is -0.350 e. The van der Waals surface area contributed by atoms with E-state index in [4.69, 9.17) is 0 Å². The number of thiazole rings is 1. The van der Waals surface area contributed by atoms with Crippen molar-refractivity contribution in [2.24, 2.45) is 0 Å². The van der Waals surface area contributed by atoms with Crippen LogP contribution < -0.4 is 10.2 Å². The molecule has 1 aliphatic rings. The topological polar surface area (TPSA) is 68.8 Å². The highest BCUT2D eigenvalue weighted by Gasteiger charge is 2.32. The van der Waals surface area contributed by atoms with Crippen molar-refractivity contribution in [3.63, 3.8) is 0 Å². The zero-order valence-corrected chi connectivity index (χ0v) is 16.8. The number of likely N-dealkylation sites (N-methyl/N-ethyl adjacent to an activating group) is 1. The highest BCUT2D eigenvalue weighted by molar-refractivity contribution is 7.17. The van der Waals surface area contributed by atoms with E-state index >= 15 is 0 Å². The van der Waals surface area contributed by atoms with Gasteiger partial charge in [0, 0.05) is 32.7 Å². The van der Waals surface area contributed by atoms with E-state index in [1.807, 2.05) is 42.1 Å². The van der Waals surface area contributed by atoms with Crippen LogP contribution in [0.3, 0.4) is 0 Å². The number of aromatic nitrogens is 1. The van der Waals surface area contributed by atoms with Crippen LogP contribution >= 0.6 is 11.3 Å². The summed E-state index contributed by atoms with van der Waals surface area (Å²) in [6, 6.07) is 8.02. The van der Waals surface area contributed by atoms with Crippen molar-refractivity contribution in [2.75, 3.05) is 45.2 Å². The van der Waals surface area contributed by atoms with E-state index in [1.165, 1.54) is 16.9 Å². The molecule has 0 radical (unpaired) electrons. The summed E-state index contributed by atoms with van der Waals surface area (Å²) < 4.78 is 0. The van der Waals surface area contributed by atoms with Gasteiger partial charge in [0.1, 0.15) is 4.88 Å². The van der Waals surface area contributed by atoms with Gasteiger partial charge in [-0.1, -0.05) is 35.6 Å². The Balaban J connectivity index is 1.61. The Bertz CT molecular complexity index is 820. The van der Waals surface area contributed by atoms with Crippen LogP contribution in [0.15, 0.2) is 30.5 Å². The van der Waals surface area contributed by atoms with E-state index in [0.717, 1.165) is 12.1 Å². The number of amides is 3. The molecule has 144 valence electrons. The summed E-state index contributed by atoms with van der Waals surface area (Å²) in [6.07, 6.45) is 1.54. The Kier molecular flexibility index (Phi) is 6.08. The van der Waals surface area contributed by atoms with Crippen LogP contribution in [0.5, 0.6) is 0 Å². The molecule has 1 fully saturated rings. The van der Waals surface area contributed by atoms with Gasteiger partial charge in [0.05, 0.1) is 6.20 Å². The van der Waals surface area contributed by atoms with Gasteiger partial charge >= 0.3 is 6.03 Å². The van der Waals surface area contributed by atoms with E-state index in [2.05, 4.69) is 23.3 Å². The van der Waals surface area contributed by atoms with Crippen LogP contribution in [0.4, 0.5) is 9.93 Å². The maximum Gasteiger partial charge on any atom is 0.326 e. The normalized spacial score (nSPS) is 14.3. The SMILES string of the molecule is Cc1ccccc1CN1CCN(c2ncc(C(=O)NCCN(C)C)s2)C1=O. The van der Waals surface area contributed by atoms with Gasteiger partial charge in [0.25, 0.3) is 5.91 Å². The summed E-state index contributed by atoms with van der Waals surface area (Å²) in [4.78, 5) is 35.3. The lowest BCUT2D eigenvalue weighted by Crippen LogP contribution is -2.31. The lowest BCUT2D eigenvalue weighted by molar-refractivity contribution is 0.0955. The summed E-state index contributed by atoms with van der Waals surface area (Å²) in [6.45, 7) is 5.22. The molecule has 7 nitrogen and oxygen atoms in total. The monoisotopic (exact) mass is 387 g/mol. The number of nitrogens with one attached hydrogen (secondary N) is 1. The van der Waals surface area contributed by atoms with Crippen molar-refractivity contribution >= 4 is 28.4 Å². The molecule has 3 amide bonds. The van der Waals surface area contributed by atoms with Crippen molar-refractivity contribution in [1.29, 1.82) is 0 Å². The van der Waals surface area contributed by atoms with Gasteiger partial charge in [-0.05, 0) is 32.1 Å². The molecule has 0 saturated carbocycles. The largest absolute Gasteiger partial charge is 0.350 e. The van der Waals surface area contributed by atoms with Gasteiger partial charge in [-0.25, -0.2) is 9.78 Å². The summed E-state index contributed by atoms with van der Waals surface area (Å²) in [5.74, 6) is -0.149. The van der Waals surface area contributed by atoms with E-state index in [1.54, 1.807) is 11.1 Å². The summed E-state index contributed by atoms with van der Waals surface area (Å²) in [7, 11) is 3.91. The number of hydrogen-bond acceptors (Lipinski definition) is 5. The molecular weight excluding hydrogens is 362 g/mol. The predicted molar refractivity (Wildman–Crippen MR) is 107 cm³/mol. The molecule has 1 aromatic carbocycles. The van der Waals surface area contributed by atoms with Crippen LogP contribution in [0.1, 0.15) is 20.8 Å². The standard InChI is InChI=1S/C19H25N5O2S/c1-14-6-4-5-7-15(14)13-23-10-11-24(19(23)26)18-21-12-16(27-18)17(25)20-8-9-22(2)3/h4-7,12H,8-11,13H2,1-3H3,(H,20,25). The number of carbonyl (C=O) groups is 2. The van der Waals surface area contributed by atoms with Crippen molar-refractivity contribution in [3.8, 4) is 0 Å². The number of benzene rings is 1. The summed E-state index contributed by atoms with van der Waals surface area (Å²) in [5, 5.41) is 3.44. The number of urea groups is 1. The molecule has 0 bridgehead atoms. The first-order valence-corrected chi connectivity index (χ1v) is 9.77. The van der Waals surface area contributed by atoms with E-state index in [9.17, 15) is 9.59 Å². The molecule has 1 aromatic heterocycles. The molecule has 27 heavy (non-hydrogen) atoms. The van der Waals surface area contributed by atoms with E-state index in [-0.39, 0.29) is 11.9 Å². The van der Waals surface area contributed by atoms with E-state index in [0.29, 0.717) is 36.2 Å². The average Bonchev–Trinajstić information content (AvgIpc) is 3.24.